The van der Waals surface area contributed by atoms with E-state index in [0.717, 1.165) is 44.0 Å². The predicted molar refractivity (Wildman–Crippen MR) is 132 cm³/mol. The van der Waals surface area contributed by atoms with Crippen LogP contribution in [-0.4, -0.2) is 31.8 Å². The predicted octanol–water partition coefficient (Wildman–Crippen LogP) is 3.06. The van der Waals surface area contributed by atoms with Gasteiger partial charge in [0.25, 0.3) is 5.56 Å². The first-order valence-corrected chi connectivity index (χ1v) is 11.3. The van der Waals surface area contributed by atoms with Gasteiger partial charge in [-0.3, -0.25) is 13.9 Å². The summed E-state index contributed by atoms with van der Waals surface area (Å²) >= 11 is 0. The molecule has 1 aliphatic heterocycles. The smallest absolute Gasteiger partial charge is 0.332 e. The molecule has 2 aromatic heterocycles. The minimum atomic E-state index is -0.350. The van der Waals surface area contributed by atoms with Crippen molar-refractivity contribution in [2.24, 2.45) is 7.05 Å². The number of anilines is 1. The van der Waals surface area contributed by atoms with Crippen LogP contribution in [0.5, 0.6) is 0 Å². The van der Waals surface area contributed by atoms with E-state index in [9.17, 15) is 9.59 Å². The Labute approximate surface area is 191 Å². The third kappa shape index (κ3) is 4.02. The molecule has 7 nitrogen and oxygen atoms in total. The Balaban J connectivity index is 1.49. The first-order chi connectivity index (χ1) is 16.1. The SMILES string of the molecule is Cn1c(=O)n(CC=Cc2ccccc2)c(=O)c2c1nc1n2CCCN1CCc1ccccc1. The van der Waals surface area contributed by atoms with Crippen LogP contribution >= 0.6 is 0 Å². The van der Waals surface area contributed by atoms with Crippen molar-refractivity contribution in [1.82, 2.24) is 18.7 Å². The molecule has 0 saturated carbocycles. The van der Waals surface area contributed by atoms with Crippen LogP contribution in [-0.2, 0) is 26.6 Å². The Morgan fingerprint density at radius 1 is 0.970 bits per heavy atom. The van der Waals surface area contributed by atoms with Crippen LogP contribution in [0.1, 0.15) is 17.5 Å². The Hall–Kier alpha value is -3.87. The molecule has 0 saturated heterocycles. The molecule has 0 aliphatic carbocycles. The quantitative estimate of drug-likeness (QED) is 0.461. The first-order valence-electron chi connectivity index (χ1n) is 11.3. The number of rotatable bonds is 6. The molecular formula is C26H27N5O2. The van der Waals surface area contributed by atoms with Gasteiger partial charge in [-0.2, -0.15) is 4.98 Å². The summed E-state index contributed by atoms with van der Waals surface area (Å²) in [6.45, 7) is 2.64. The van der Waals surface area contributed by atoms with Crippen molar-refractivity contribution >= 4 is 23.2 Å². The van der Waals surface area contributed by atoms with Crippen LogP contribution in [0.3, 0.4) is 0 Å². The van der Waals surface area contributed by atoms with Crippen LogP contribution in [0, 0.1) is 0 Å². The number of aryl methyl sites for hydroxylation is 2. The van der Waals surface area contributed by atoms with Gasteiger partial charge in [-0.05, 0) is 24.0 Å². The molecule has 0 unspecified atom stereocenters. The van der Waals surface area contributed by atoms with Crippen LogP contribution in [0.2, 0.25) is 0 Å². The molecule has 168 valence electrons. The van der Waals surface area contributed by atoms with Crippen molar-refractivity contribution in [3.8, 4) is 0 Å². The molecule has 0 spiro atoms. The van der Waals surface area contributed by atoms with Crippen molar-refractivity contribution in [1.29, 1.82) is 0 Å². The van der Waals surface area contributed by atoms with E-state index in [1.807, 2.05) is 65.3 Å². The average molecular weight is 442 g/mol. The van der Waals surface area contributed by atoms with E-state index in [0.29, 0.717) is 11.2 Å². The average Bonchev–Trinajstić information content (AvgIpc) is 3.25. The van der Waals surface area contributed by atoms with E-state index < -0.39 is 0 Å². The van der Waals surface area contributed by atoms with Crippen LogP contribution in [0.4, 0.5) is 5.95 Å². The van der Waals surface area contributed by atoms with Gasteiger partial charge in [0.15, 0.2) is 11.2 Å². The van der Waals surface area contributed by atoms with Gasteiger partial charge in [0.2, 0.25) is 5.95 Å². The molecule has 5 rings (SSSR count). The lowest BCUT2D eigenvalue weighted by atomic mass is 10.1. The van der Waals surface area contributed by atoms with E-state index in [-0.39, 0.29) is 17.8 Å². The zero-order valence-corrected chi connectivity index (χ0v) is 18.7. The van der Waals surface area contributed by atoms with Gasteiger partial charge >= 0.3 is 5.69 Å². The number of fused-ring (bicyclic) bond motifs is 3. The van der Waals surface area contributed by atoms with E-state index >= 15 is 0 Å². The maximum absolute atomic E-state index is 13.4. The molecule has 0 amide bonds. The summed E-state index contributed by atoms with van der Waals surface area (Å²) in [7, 11) is 1.69. The molecule has 4 aromatic rings. The second-order valence-corrected chi connectivity index (χ2v) is 8.38. The van der Waals surface area contributed by atoms with Crippen LogP contribution < -0.4 is 16.1 Å². The number of nitrogens with zero attached hydrogens (tertiary/aromatic N) is 5. The summed E-state index contributed by atoms with van der Waals surface area (Å²) in [5, 5.41) is 0. The van der Waals surface area contributed by atoms with E-state index in [4.69, 9.17) is 4.98 Å². The Kier molecular flexibility index (Phi) is 5.69. The molecule has 7 heteroatoms. The molecule has 2 aromatic carbocycles. The Morgan fingerprint density at radius 2 is 1.70 bits per heavy atom. The lowest BCUT2D eigenvalue weighted by Gasteiger charge is -2.29. The van der Waals surface area contributed by atoms with Gasteiger partial charge in [-0.1, -0.05) is 72.8 Å². The summed E-state index contributed by atoms with van der Waals surface area (Å²) < 4.78 is 4.77. The monoisotopic (exact) mass is 441 g/mol. The van der Waals surface area contributed by atoms with Gasteiger partial charge in [0.1, 0.15) is 0 Å². The summed E-state index contributed by atoms with van der Waals surface area (Å²) in [6, 6.07) is 20.2. The van der Waals surface area contributed by atoms with Gasteiger partial charge in [0.05, 0.1) is 0 Å². The Morgan fingerprint density at radius 3 is 2.45 bits per heavy atom. The summed E-state index contributed by atoms with van der Waals surface area (Å²) in [4.78, 5) is 33.4. The van der Waals surface area contributed by atoms with Crippen molar-refractivity contribution in [2.45, 2.75) is 25.9 Å². The number of aromatic nitrogens is 4. The number of hydrogen-bond donors (Lipinski definition) is 0. The highest BCUT2D eigenvalue weighted by Gasteiger charge is 2.25. The van der Waals surface area contributed by atoms with E-state index in [1.54, 1.807) is 7.05 Å². The normalized spacial score (nSPS) is 13.7. The van der Waals surface area contributed by atoms with Gasteiger partial charge in [0, 0.05) is 33.2 Å². The fourth-order valence-electron chi connectivity index (χ4n) is 4.47. The second kappa shape index (κ2) is 8.94. The van der Waals surface area contributed by atoms with Gasteiger partial charge < -0.3 is 9.47 Å². The first kappa shape index (κ1) is 21.0. The zero-order valence-electron chi connectivity index (χ0n) is 18.7. The maximum Gasteiger partial charge on any atom is 0.332 e. The summed E-state index contributed by atoms with van der Waals surface area (Å²) in [5.41, 5.74) is 2.62. The molecule has 1 aliphatic rings. The van der Waals surface area contributed by atoms with Crippen molar-refractivity contribution in [3.05, 3.63) is 98.7 Å². The lowest BCUT2D eigenvalue weighted by molar-refractivity contribution is 0.562. The minimum Gasteiger partial charge on any atom is -0.342 e. The summed E-state index contributed by atoms with van der Waals surface area (Å²) in [6.07, 6.45) is 5.61. The molecular weight excluding hydrogens is 414 g/mol. The highest BCUT2D eigenvalue weighted by atomic mass is 16.2. The fraction of sp³-hybridized carbons (Fsp3) is 0.269. The van der Waals surface area contributed by atoms with E-state index in [2.05, 4.69) is 17.0 Å². The lowest BCUT2D eigenvalue weighted by Crippen LogP contribution is -2.40. The van der Waals surface area contributed by atoms with Crippen LogP contribution in [0.25, 0.3) is 17.2 Å². The number of hydrogen-bond acceptors (Lipinski definition) is 4. The van der Waals surface area contributed by atoms with Crippen molar-refractivity contribution < 1.29 is 0 Å². The van der Waals surface area contributed by atoms with Crippen molar-refractivity contribution in [3.63, 3.8) is 0 Å². The minimum absolute atomic E-state index is 0.217. The largest absolute Gasteiger partial charge is 0.342 e. The molecule has 0 fully saturated rings. The third-order valence-corrected chi connectivity index (χ3v) is 6.22. The van der Waals surface area contributed by atoms with Gasteiger partial charge in [-0.25, -0.2) is 4.79 Å². The highest BCUT2D eigenvalue weighted by molar-refractivity contribution is 5.75. The maximum atomic E-state index is 13.4. The standard InChI is InChI=1S/C26H27N5O2/c1-28-23-22(24(32)31(26(28)33)17-8-14-20-10-4-2-5-11-20)30-18-9-16-29(25(30)27-23)19-15-21-12-6-3-7-13-21/h2-8,10-14H,9,15-19H2,1H3. The number of benzene rings is 2. The molecule has 0 atom stereocenters. The van der Waals surface area contributed by atoms with Crippen molar-refractivity contribution in [2.75, 3.05) is 18.0 Å². The molecule has 0 N–H and O–H groups in total. The Bertz CT molecular complexity index is 1410. The fourth-order valence-corrected chi connectivity index (χ4v) is 4.47. The second-order valence-electron chi connectivity index (χ2n) is 8.38. The van der Waals surface area contributed by atoms with E-state index in [1.165, 1.54) is 14.7 Å². The molecule has 0 bridgehead atoms. The molecule has 33 heavy (non-hydrogen) atoms. The zero-order chi connectivity index (χ0) is 22.8. The van der Waals surface area contributed by atoms with Gasteiger partial charge in [-0.15, -0.1) is 0 Å². The van der Waals surface area contributed by atoms with Crippen LogP contribution in [0.15, 0.2) is 76.3 Å². The topological polar surface area (TPSA) is 65.1 Å². The summed E-state index contributed by atoms with van der Waals surface area (Å²) in [5.74, 6) is 0.775. The highest BCUT2D eigenvalue weighted by Crippen LogP contribution is 2.24. The number of imidazole rings is 1. The number of allylic oxidation sites excluding steroid dienone is 1. The molecule has 3 heterocycles. The molecule has 0 radical (unpaired) electrons. The third-order valence-electron chi connectivity index (χ3n) is 6.22.